The van der Waals surface area contributed by atoms with Gasteiger partial charge in [0.25, 0.3) is 0 Å². The van der Waals surface area contributed by atoms with Crippen molar-refractivity contribution in [3.63, 3.8) is 0 Å². The number of hydrogen-bond donors (Lipinski definition) is 2. The second-order valence-electron chi connectivity index (χ2n) is 5.87. The van der Waals surface area contributed by atoms with E-state index in [0.29, 0.717) is 5.13 Å². The third-order valence-electron chi connectivity index (χ3n) is 4.40. The van der Waals surface area contributed by atoms with E-state index in [4.69, 9.17) is 0 Å². The van der Waals surface area contributed by atoms with E-state index in [-0.39, 0.29) is 11.6 Å². The third-order valence-corrected chi connectivity index (χ3v) is 5.35. The van der Waals surface area contributed by atoms with Gasteiger partial charge in [-0.05, 0) is 37.0 Å². The first-order chi connectivity index (χ1) is 11.3. The number of benzene rings is 2. The van der Waals surface area contributed by atoms with Gasteiger partial charge in [0, 0.05) is 0 Å². The smallest absolute Gasteiger partial charge is 0.321 e. The highest BCUT2D eigenvalue weighted by atomic mass is 32.1. The molecule has 0 aliphatic heterocycles. The van der Waals surface area contributed by atoms with E-state index in [9.17, 15) is 4.79 Å². The van der Waals surface area contributed by atoms with Gasteiger partial charge in [-0.25, -0.2) is 9.78 Å². The van der Waals surface area contributed by atoms with Crippen LogP contribution in [0.2, 0.25) is 0 Å². The van der Waals surface area contributed by atoms with Crippen molar-refractivity contribution in [3.8, 4) is 0 Å². The summed E-state index contributed by atoms with van der Waals surface area (Å²) in [5.41, 5.74) is 1.85. The number of para-hydroxylation sites is 1. The van der Waals surface area contributed by atoms with Crippen molar-refractivity contribution in [2.45, 2.75) is 24.8 Å². The lowest BCUT2D eigenvalue weighted by Gasteiger charge is -2.42. The summed E-state index contributed by atoms with van der Waals surface area (Å²) in [6, 6.07) is 17.9. The second-order valence-corrected chi connectivity index (χ2v) is 6.90. The van der Waals surface area contributed by atoms with Gasteiger partial charge in [0.15, 0.2) is 5.13 Å². The fourth-order valence-corrected chi connectivity index (χ4v) is 3.91. The average Bonchev–Trinajstić information content (AvgIpc) is 2.94. The number of thiazole rings is 1. The van der Waals surface area contributed by atoms with Gasteiger partial charge in [-0.15, -0.1) is 0 Å². The molecule has 2 aromatic carbocycles. The number of carbonyl (C=O) groups is 1. The van der Waals surface area contributed by atoms with Crippen LogP contribution in [0.3, 0.4) is 0 Å². The number of urea groups is 1. The monoisotopic (exact) mass is 323 g/mol. The highest BCUT2D eigenvalue weighted by Crippen LogP contribution is 2.41. The Morgan fingerprint density at radius 1 is 1.04 bits per heavy atom. The number of fused-ring (bicyclic) bond motifs is 1. The van der Waals surface area contributed by atoms with Crippen molar-refractivity contribution < 1.29 is 4.79 Å². The molecular weight excluding hydrogens is 306 g/mol. The molecule has 1 aromatic heterocycles. The fourth-order valence-electron chi connectivity index (χ4n) is 3.04. The van der Waals surface area contributed by atoms with Crippen LogP contribution in [0.5, 0.6) is 0 Å². The SMILES string of the molecule is O=C(Nc1nc2ccccc2s1)NC1(c2ccccc2)CCC1. The molecule has 1 heterocycles. The molecule has 1 saturated carbocycles. The maximum Gasteiger partial charge on any atom is 0.321 e. The van der Waals surface area contributed by atoms with Crippen LogP contribution in [0.4, 0.5) is 9.93 Å². The van der Waals surface area contributed by atoms with Gasteiger partial charge in [-0.3, -0.25) is 5.32 Å². The summed E-state index contributed by atoms with van der Waals surface area (Å²) in [5.74, 6) is 0. The lowest BCUT2D eigenvalue weighted by molar-refractivity contribution is 0.185. The van der Waals surface area contributed by atoms with Crippen LogP contribution in [0.15, 0.2) is 54.6 Å². The zero-order valence-electron chi connectivity index (χ0n) is 12.6. The zero-order chi connectivity index (χ0) is 15.7. The van der Waals surface area contributed by atoms with Gasteiger partial charge < -0.3 is 5.32 Å². The Morgan fingerprint density at radius 3 is 2.48 bits per heavy atom. The molecular formula is C18H17N3OS. The quantitative estimate of drug-likeness (QED) is 0.746. The lowest BCUT2D eigenvalue weighted by Crippen LogP contribution is -2.52. The largest absolute Gasteiger partial charge is 0.328 e. The molecule has 3 aromatic rings. The number of rotatable bonds is 3. The normalized spacial score (nSPS) is 15.8. The van der Waals surface area contributed by atoms with Gasteiger partial charge in [0.2, 0.25) is 0 Å². The molecule has 0 saturated heterocycles. The standard InChI is InChI=1S/C18H17N3OS/c22-16(20-17-19-14-9-4-5-10-15(14)23-17)21-18(11-6-12-18)13-7-2-1-3-8-13/h1-5,7-10H,6,11-12H2,(H2,19,20,21,22). The zero-order valence-corrected chi connectivity index (χ0v) is 13.4. The third kappa shape index (κ3) is 2.68. The van der Waals surface area contributed by atoms with Crippen LogP contribution >= 0.6 is 11.3 Å². The molecule has 5 heteroatoms. The minimum absolute atomic E-state index is 0.187. The number of hydrogen-bond acceptors (Lipinski definition) is 3. The molecule has 116 valence electrons. The molecule has 4 nitrogen and oxygen atoms in total. The Balaban J connectivity index is 1.51. The van der Waals surface area contributed by atoms with Crippen molar-refractivity contribution >= 4 is 32.7 Å². The number of nitrogens with one attached hydrogen (secondary N) is 2. The topological polar surface area (TPSA) is 54.0 Å². The number of anilines is 1. The molecule has 2 N–H and O–H groups in total. The van der Waals surface area contributed by atoms with Crippen LogP contribution in [-0.2, 0) is 5.54 Å². The van der Waals surface area contributed by atoms with Gasteiger partial charge >= 0.3 is 6.03 Å². The Labute approximate surface area is 138 Å². The molecule has 0 atom stereocenters. The number of aromatic nitrogens is 1. The summed E-state index contributed by atoms with van der Waals surface area (Å²) < 4.78 is 1.07. The first-order valence-corrected chi connectivity index (χ1v) is 8.57. The Kier molecular flexibility index (Phi) is 3.50. The molecule has 0 unspecified atom stereocenters. The van der Waals surface area contributed by atoms with Gasteiger partial charge in [0.05, 0.1) is 15.8 Å². The van der Waals surface area contributed by atoms with E-state index >= 15 is 0 Å². The average molecular weight is 323 g/mol. The van der Waals surface area contributed by atoms with E-state index in [2.05, 4.69) is 27.8 Å². The van der Waals surface area contributed by atoms with Crippen molar-refractivity contribution in [2.24, 2.45) is 0 Å². The first kappa shape index (κ1) is 14.2. The van der Waals surface area contributed by atoms with E-state index in [1.165, 1.54) is 16.9 Å². The predicted octanol–water partition coefficient (Wildman–Crippen LogP) is 4.50. The summed E-state index contributed by atoms with van der Waals surface area (Å²) in [5, 5.41) is 6.67. The number of nitrogens with zero attached hydrogens (tertiary/aromatic N) is 1. The molecule has 4 rings (SSSR count). The molecule has 23 heavy (non-hydrogen) atoms. The minimum Gasteiger partial charge on any atom is -0.328 e. The lowest BCUT2D eigenvalue weighted by atomic mass is 9.72. The van der Waals surface area contributed by atoms with E-state index in [1.54, 1.807) is 0 Å². The summed E-state index contributed by atoms with van der Waals surface area (Å²) in [4.78, 5) is 16.9. The van der Waals surface area contributed by atoms with Crippen LogP contribution in [-0.4, -0.2) is 11.0 Å². The molecule has 1 aliphatic carbocycles. The molecule has 0 spiro atoms. The molecule has 1 fully saturated rings. The van der Waals surface area contributed by atoms with Crippen LogP contribution in [0, 0.1) is 0 Å². The number of amides is 2. The first-order valence-electron chi connectivity index (χ1n) is 7.75. The maximum absolute atomic E-state index is 12.4. The van der Waals surface area contributed by atoms with Gasteiger partial charge in [-0.2, -0.15) is 0 Å². The summed E-state index contributed by atoms with van der Waals surface area (Å²) in [6.07, 6.45) is 3.09. The maximum atomic E-state index is 12.4. The summed E-state index contributed by atoms with van der Waals surface area (Å²) >= 11 is 1.49. The molecule has 0 bridgehead atoms. The van der Waals surface area contributed by atoms with E-state index in [0.717, 1.165) is 29.5 Å². The second kappa shape index (κ2) is 5.66. The Hall–Kier alpha value is -2.40. The molecule has 2 amide bonds. The predicted molar refractivity (Wildman–Crippen MR) is 93.7 cm³/mol. The van der Waals surface area contributed by atoms with Crippen molar-refractivity contribution in [1.29, 1.82) is 0 Å². The Morgan fingerprint density at radius 2 is 1.78 bits per heavy atom. The van der Waals surface area contributed by atoms with E-state index < -0.39 is 0 Å². The van der Waals surface area contributed by atoms with Crippen molar-refractivity contribution in [1.82, 2.24) is 10.3 Å². The number of carbonyl (C=O) groups excluding carboxylic acids is 1. The molecule has 0 radical (unpaired) electrons. The van der Waals surface area contributed by atoms with E-state index in [1.807, 2.05) is 42.5 Å². The van der Waals surface area contributed by atoms with Crippen LogP contribution < -0.4 is 10.6 Å². The van der Waals surface area contributed by atoms with Crippen LogP contribution in [0.1, 0.15) is 24.8 Å². The Bertz CT molecular complexity index is 807. The highest BCUT2D eigenvalue weighted by Gasteiger charge is 2.40. The van der Waals surface area contributed by atoms with Crippen molar-refractivity contribution in [3.05, 3.63) is 60.2 Å². The summed E-state index contributed by atoms with van der Waals surface area (Å²) in [7, 11) is 0. The van der Waals surface area contributed by atoms with Crippen molar-refractivity contribution in [2.75, 3.05) is 5.32 Å². The fraction of sp³-hybridized carbons (Fsp3) is 0.222. The van der Waals surface area contributed by atoms with Gasteiger partial charge in [0.1, 0.15) is 0 Å². The van der Waals surface area contributed by atoms with Gasteiger partial charge in [-0.1, -0.05) is 53.8 Å². The summed E-state index contributed by atoms with van der Waals surface area (Å²) in [6.45, 7) is 0. The molecule has 1 aliphatic rings. The van der Waals surface area contributed by atoms with Crippen LogP contribution in [0.25, 0.3) is 10.2 Å². The minimum atomic E-state index is -0.234. The highest BCUT2D eigenvalue weighted by molar-refractivity contribution is 7.22.